The number of hydrogen-bond acceptors (Lipinski definition) is 2. The number of aryl methyl sites for hydroxylation is 1. The van der Waals surface area contributed by atoms with E-state index >= 15 is 0 Å². The van der Waals surface area contributed by atoms with Gasteiger partial charge in [-0.3, -0.25) is 0 Å². The predicted octanol–water partition coefficient (Wildman–Crippen LogP) is 2.47. The number of hydrogen-bond donors (Lipinski definition) is 1. The highest BCUT2D eigenvalue weighted by molar-refractivity contribution is 4.93. The van der Waals surface area contributed by atoms with Crippen molar-refractivity contribution in [2.75, 3.05) is 7.05 Å². The third-order valence-corrected chi connectivity index (χ3v) is 3.05. The van der Waals surface area contributed by atoms with E-state index in [1.165, 1.54) is 18.7 Å². The van der Waals surface area contributed by atoms with Crippen molar-refractivity contribution in [1.29, 1.82) is 0 Å². The van der Waals surface area contributed by atoms with Gasteiger partial charge in [0.1, 0.15) is 5.82 Å². The van der Waals surface area contributed by atoms with E-state index in [4.69, 9.17) is 0 Å². The van der Waals surface area contributed by atoms with Gasteiger partial charge in [0, 0.05) is 31.4 Å². The van der Waals surface area contributed by atoms with Crippen molar-refractivity contribution in [3.8, 4) is 0 Å². The Kier molecular flexibility index (Phi) is 5.53. The Labute approximate surface area is 99.3 Å². The van der Waals surface area contributed by atoms with Crippen molar-refractivity contribution in [1.82, 2.24) is 14.9 Å². The van der Waals surface area contributed by atoms with Gasteiger partial charge in [0.05, 0.1) is 0 Å². The third-order valence-electron chi connectivity index (χ3n) is 3.05. The zero-order valence-corrected chi connectivity index (χ0v) is 11.0. The van der Waals surface area contributed by atoms with Gasteiger partial charge in [-0.25, -0.2) is 4.98 Å². The lowest BCUT2D eigenvalue weighted by atomic mass is 9.99. The van der Waals surface area contributed by atoms with E-state index < -0.39 is 0 Å². The highest BCUT2D eigenvalue weighted by Gasteiger charge is 2.11. The Morgan fingerprint density at radius 3 is 2.81 bits per heavy atom. The SMILES string of the molecule is CCCn1ccnc1CC(C)CC(C)NC. The Balaban J connectivity index is 2.48. The quantitative estimate of drug-likeness (QED) is 0.769. The summed E-state index contributed by atoms with van der Waals surface area (Å²) in [5, 5.41) is 3.29. The molecule has 0 radical (unpaired) electrons. The summed E-state index contributed by atoms with van der Waals surface area (Å²) in [5.41, 5.74) is 0. The Bertz CT molecular complexity index is 293. The first-order chi connectivity index (χ1) is 7.67. The van der Waals surface area contributed by atoms with Gasteiger partial charge >= 0.3 is 0 Å². The number of rotatable bonds is 7. The van der Waals surface area contributed by atoms with Crippen molar-refractivity contribution in [3.63, 3.8) is 0 Å². The minimum atomic E-state index is 0.588. The fourth-order valence-corrected chi connectivity index (χ4v) is 2.09. The summed E-state index contributed by atoms with van der Waals surface area (Å²) in [6, 6.07) is 0.588. The maximum atomic E-state index is 4.45. The van der Waals surface area contributed by atoms with Crippen molar-refractivity contribution < 1.29 is 0 Å². The summed E-state index contributed by atoms with van der Waals surface area (Å²) in [4.78, 5) is 4.45. The highest BCUT2D eigenvalue weighted by atomic mass is 15.1. The summed E-state index contributed by atoms with van der Waals surface area (Å²) < 4.78 is 2.28. The van der Waals surface area contributed by atoms with Crippen LogP contribution in [0.3, 0.4) is 0 Å². The van der Waals surface area contributed by atoms with Gasteiger partial charge in [-0.15, -0.1) is 0 Å². The van der Waals surface area contributed by atoms with Crippen molar-refractivity contribution >= 4 is 0 Å². The number of nitrogens with zero attached hydrogens (tertiary/aromatic N) is 2. The molecule has 1 aromatic rings. The molecule has 1 rings (SSSR count). The number of imidazole rings is 1. The molecule has 2 atom stereocenters. The summed E-state index contributed by atoms with van der Waals surface area (Å²) in [6.45, 7) is 7.83. The molecule has 0 amide bonds. The molecule has 0 aliphatic heterocycles. The first-order valence-corrected chi connectivity index (χ1v) is 6.34. The molecule has 0 aromatic carbocycles. The van der Waals surface area contributed by atoms with Crippen LogP contribution in [0.2, 0.25) is 0 Å². The first kappa shape index (κ1) is 13.2. The van der Waals surface area contributed by atoms with E-state index in [-0.39, 0.29) is 0 Å². The fraction of sp³-hybridized carbons (Fsp3) is 0.769. The van der Waals surface area contributed by atoms with E-state index in [0.717, 1.165) is 13.0 Å². The Morgan fingerprint density at radius 1 is 1.44 bits per heavy atom. The second-order valence-electron chi connectivity index (χ2n) is 4.77. The van der Waals surface area contributed by atoms with E-state index in [2.05, 4.69) is 41.8 Å². The molecule has 0 fully saturated rings. The van der Waals surface area contributed by atoms with Gasteiger partial charge in [-0.1, -0.05) is 13.8 Å². The molecule has 1 aromatic heterocycles. The van der Waals surface area contributed by atoms with Gasteiger partial charge in [0.2, 0.25) is 0 Å². The van der Waals surface area contributed by atoms with Crippen LogP contribution in [0.4, 0.5) is 0 Å². The lowest BCUT2D eigenvalue weighted by Crippen LogP contribution is -2.24. The third kappa shape index (κ3) is 3.97. The molecule has 0 aliphatic carbocycles. The predicted molar refractivity (Wildman–Crippen MR) is 68.5 cm³/mol. The summed E-state index contributed by atoms with van der Waals surface area (Å²) >= 11 is 0. The van der Waals surface area contributed by atoms with Gasteiger partial charge in [0.15, 0.2) is 0 Å². The Morgan fingerprint density at radius 2 is 2.19 bits per heavy atom. The second-order valence-corrected chi connectivity index (χ2v) is 4.77. The molecule has 0 saturated carbocycles. The Hall–Kier alpha value is -0.830. The van der Waals surface area contributed by atoms with E-state index in [9.17, 15) is 0 Å². The standard InChI is InChI=1S/C13H25N3/c1-5-7-16-8-6-15-13(16)10-11(2)9-12(3)14-4/h6,8,11-12,14H,5,7,9-10H2,1-4H3. The average molecular weight is 223 g/mol. The fourth-order valence-electron chi connectivity index (χ4n) is 2.09. The minimum Gasteiger partial charge on any atom is -0.335 e. The van der Waals surface area contributed by atoms with Gasteiger partial charge < -0.3 is 9.88 Å². The lowest BCUT2D eigenvalue weighted by molar-refractivity contribution is 0.426. The van der Waals surface area contributed by atoms with Crippen LogP contribution in [0.25, 0.3) is 0 Å². The van der Waals surface area contributed by atoms with Crippen LogP contribution in [-0.4, -0.2) is 22.6 Å². The van der Waals surface area contributed by atoms with Crippen LogP contribution in [0, 0.1) is 5.92 Å². The molecular formula is C13H25N3. The van der Waals surface area contributed by atoms with Gasteiger partial charge in [-0.2, -0.15) is 0 Å². The van der Waals surface area contributed by atoms with Gasteiger partial charge in [-0.05, 0) is 32.7 Å². The van der Waals surface area contributed by atoms with Crippen molar-refractivity contribution in [2.45, 2.75) is 52.6 Å². The molecule has 0 aliphatic rings. The largest absolute Gasteiger partial charge is 0.335 e. The molecule has 0 bridgehead atoms. The molecule has 92 valence electrons. The van der Waals surface area contributed by atoms with Crippen LogP contribution in [0.15, 0.2) is 12.4 Å². The van der Waals surface area contributed by atoms with Crippen molar-refractivity contribution in [2.24, 2.45) is 5.92 Å². The molecule has 3 heteroatoms. The molecule has 3 nitrogen and oxygen atoms in total. The zero-order valence-electron chi connectivity index (χ0n) is 11.0. The molecular weight excluding hydrogens is 198 g/mol. The highest BCUT2D eigenvalue weighted by Crippen LogP contribution is 2.13. The first-order valence-electron chi connectivity index (χ1n) is 6.34. The maximum absolute atomic E-state index is 4.45. The molecule has 0 saturated heterocycles. The summed E-state index contributed by atoms with van der Waals surface area (Å²) in [7, 11) is 2.02. The summed E-state index contributed by atoms with van der Waals surface area (Å²) in [6.07, 6.45) is 7.46. The van der Waals surface area contributed by atoms with E-state index in [1.54, 1.807) is 0 Å². The number of nitrogens with one attached hydrogen (secondary N) is 1. The molecule has 2 unspecified atom stereocenters. The lowest BCUT2D eigenvalue weighted by Gasteiger charge is -2.17. The second kappa shape index (κ2) is 6.69. The average Bonchev–Trinajstić information content (AvgIpc) is 2.66. The molecule has 16 heavy (non-hydrogen) atoms. The van der Waals surface area contributed by atoms with E-state index in [0.29, 0.717) is 12.0 Å². The monoisotopic (exact) mass is 223 g/mol. The smallest absolute Gasteiger partial charge is 0.108 e. The van der Waals surface area contributed by atoms with Crippen LogP contribution >= 0.6 is 0 Å². The zero-order chi connectivity index (χ0) is 12.0. The van der Waals surface area contributed by atoms with Gasteiger partial charge in [0.25, 0.3) is 0 Å². The normalized spacial score (nSPS) is 15.0. The molecule has 0 spiro atoms. The maximum Gasteiger partial charge on any atom is 0.108 e. The topological polar surface area (TPSA) is 29.9 Å². The van der Waals surface area contributed by atoms with Crippen LogP contribution < -0.4 is 5.32 Å². The molecule has 1 N–H and O–H groups in total. The minimum absolute atomic E-state index is 0.588. The van der Waals surface area contributed by atoms with E-state index in [1.807, 2.05) is 13.2 Å². The molecule has 1 heterocycles. The summed E-state index contributed by atoms with van der Waals surface area (Å²) in [5.74, 6) is 1.91. The van der Waals surface area contributed by atoms with Crippen LogP contribution in [-0.2, 0) is 13.0 Å². The van der Waals surface area contributed by atoms with Crippen LogP contribution in [0.1, 0.15) is 39.4 Å². The van der Waals surface area contributed by atoms with Crippen LogP contribution in [0.5, 0.6) is 0 Å². The number of aromatic nitrogens is 2. The van der Waals surface area contributed by atoms with Crippen molar-refractivity contribution in [3.05, 3.63) is 18.2 Å².